The van der Waals surface area contributed by atoms with Gasteiger partial charge in [0.25, 0.3) is 0 Å². The fourth-order valence-corrected chi connectivity index (χ4v) is 3.66. The highest BCUT2D eigenvalue weighted by Crippen LogP contribution is 2.18. The molecule has 7 nitrogen and oxygen atoms in total. The maximum Gasteiger partial charge on any atom is 0.328 e. The van der Waals surface area contributed by atoms with Gasteiger partial charge in [-0.1, -0.05) is 83.9 Å². The molecule has 0 aromatic carbocycles. The van der Waals surface area contributed by atoms with Crippen molar-refractivity contribution in [2.45, 2.75) is 96.4 Å². The maximum atomic E-state index is 12.0. The second-order valence-corrected chi connectivity index (χ2v) is 8.49. The van der Waals surface area contributed by atoms with Crippen LogP contribution in [0.5, 0.6) is 0 Å². The average Bonchev–Trinajstić information content (AvgIpc) is 3.34. The van der Waals surface area contributed by atoms with E-state index in [-0.39, 0.29) is 24.8 Å². The number of nitrogens with zero attached hydrogens (tertiary/aromatic N) is 1. The number of carbonyl (C=O) groups is 3. The average molecular weight is 467 g/mol. The Morgan fingerprint density at radius 1 is 1.06 bits per heavy atom. The van der Waals surface area contributed by atoms with Gasteiger partial charge in [-0.25, -0.2) is 4.79 Å². The van der Waals surface area contributed by atoms with Crippen molar-refractivity contribution in [1.29, 1.82) is 0 Å². The highest BCUT2D eigenvalue weighted by Gasteiger charge is 2.34. The zero-order chi connectivity index (χ0) is 24.9. The van der Waals surface area contributed by atoms with Crippen molar-refractivity contribution in [3.8, 4) is 0 Å². The van der Waals surface area contributed by atoms with Crippen molar-refractivity contribution >= 4 is 17.8 Å². The van der Waals surface area contributed by atoms with Crippen molar-refractivity contribution in [3.63, 3.8) is 0 Å². The lowest BCUT2D eigenvalue weighted by Gasteiger charge is -2.22. The molecule has 2 aliphatic rings. The van der Waals surface area contributed by atoms with Gasteiger partial charge in [0.15, 0.2) is 0 Å². The van der Waals surface area contributed by atoms with Gasteiger partial charge in [0.1, 0.15) is 6.04 Å². The number of aliphatic hydroxyl groups is 1. The molecular weight excluding hydrogens is 420 g/mol. The van der Waals surface area contributed by atoms with Crippen LogP contribution < -0.4 is 5.32 Å². The molecule has 33 heavy (non-hydrogen) atoms. The predicted molar refractivity (Wildman–Crippen MR) is 133 cm³/mol. The first-order chi connectivity index (χ1) is 15.9. The van der Waals surface area contributed by atoms with E-state index in [1.807, 2.05) is 0 Å². The van der Waals surface area contributed by atoms with E-state index < -0.39 is 12.0 Å². The second kappa shape index (κ2) is 20.5. The fourth-order valence-electron chi connectivity index (χ4n) is 3.66. The first kappa shape index (κ1) is 30.9. The van der Waals surface area contributed by atoms with Crippen LogP contribution in [0.25, 0.3) is 0 Å². The molecule has 0 bridgehead atoms. The molecule has 1 aliphatic heterocycles. The van der Waals surface area contributed by atoms with Crippen LogP contribution >= 0.6 is 0 Å². The molecule has 190 valence electrons. The Hall–Kier alpha value is -2.15. The summed E-state index contributed by atoms with van der Waals surface area (Å²) in [6.07, 6.45) is 16.6. The van der Waals surface area contributed by atoms with Crippen LogP contribution in [0.2, 0.25) is 0 Å². The molecule has 0 spiro atoms. The zero-order valence-corrected chi connectivity index (χ0v) is 20.9. The Balaban J connectivity index is 0.000000637. The Bertz CT molecular complexity index is 572. The number of amides is 2. The SMILES string of the molecule is C1CCCCC1.C=CC(=C)CC(=O)NCC(=O)N1CCCC1C(=O)OC.CCCCCCO. The van der Waals surface area contributed by atoms with Gasteiger partial charge in [-0.15, -0.1) is 0 Å². The van der Waals surface area contributed by atoms with Crippen LogP contribution in [-0.2, 0) is 19.1 Å². The number of hydrogen-bond donors (Lipinski definition) is 2. The van der Waals surface area contributed by atoms with Gasteiger partial charge in [0.05, 0.1) is 20.1 Å². The molecule has 0 radical (unpaired) electrons. The fraction of sp³-hybridized carbons (Fsp3) is 0.731. The number of allylic oxidation sites excluding steroid dienone is 1. The molecule has 7 heteroatoms. The normalized spacial score (nSPS) is 16.9. The van der Waals surface area contributed by atoms with Crippen molar-refractivity contribution in [3.05, 3.63) is 24.8 Å². The molecule has 2 N–H and O–H groups in total. The van der Waals surface area contributed by atoms with Crippen molar-refractivity contribution < 1.29 is 24.2 Å². The van der Waals surface area contributed by atoms with E-state index >= 15 is 0 Å². The Kier molecular flexibility index (Phi) is 19.1. The summed E-state index contributed by atoms with van der Waals surface area (Å²) in [5, 5.41) is 10.8. The van der Waals surface area contributed by atoms with Gasteiger partial charge in [-0.05, 0) is 24.8 Å². The summed E-state index contributed by atoms with van der Waals surface area (Å²) in [6, 6.07) is -0.535. The van der Waals surface area contributed by atoms with Crippen LogP contribution in [0, 0.1) is 0 Å². The first-order valence-electron chi connectivity index (χ1n) is 12.5. The summed E-state index contributed by atoms with van der Waals surface area (Å²) in [7, 11) is 1.30. The largest absolute Gasteiger partial charge is 0.467 e. The summed E-state index contributed by atoms with van der Waals surface area (Å²) in [6.45, 7) is 10.0. The number of hydrogen-bond acceptors (Lipinski definition) is 5. The van der Waals surface area contributed by atoms with E-state index in [2.05, 4.69) is 30.1 Å². The molecule has 2 amide bonds. The third-order valence-electron chi connectivity index (χ3n) is 5.67. The van der Waals surface area contributed by atoms with Crippen LogP contribution in [0.1, 0.15) is 90.4 Å². The van der Waals surface area contributed by atoms with Gasteiger partial charge in [-0.3, -0.25) is 9.59 Å². The monoisotopic (exact) mass is 466 g/mol. The number of unbranched alkanes of at least 4 members (excludes halogenated alkanes) is 3. The zero-order valence-electron chi connectivity index (χ0n) is 20.9. The summed E-state index contributed by atoms with van der Waals surface area (Å²) in [5.74, 6) is -0.991. The topological polar surface area (TPSA) is 95.9 Å². The lowest BCUT2D eigenvalue weighted by atomic mass is 10.0. The van der Waals surface area contributed by atoms with Crippen LogP contribution in [-0.4, -0.2) is 60.6 Å². The van der Waals surface area contributed by atoms with Crippen molar-refractivity contribution in [2.24, 2.45) is 0 Å². The number of likely N-dealkylation sites (tertiary alicyclic amines) is 1. The van der Waals surface area contributed by atoms with Gasteiger partial charge >= 0.3 is 5.97 Å². The van der Waals surface area contributed by atoms with E-state index in [0.717, 1.165) is 12.8 Å². The highest BCUT2D eigenvalue weighted by molar-refractivity contribution is 5.89. The lowest BCUT2D eigenvalue weighted by molar-refractivity contribution is -0.150. The minimum atomic E-state index is -0.535. The summed E-state index contributed by atoms with van der Waals surface area (Å²) < 4.78 is 4.66. The molecular formula is C26H46N2O5. The molecule has 1 unspecified atom stereocenters. The van der Waals surface area contributed by atoms with Gasteiger partial charge in [-0.2, -0.15) is 0 Å². The molecule has 1 aliphatic carbocycles. The van der Waals surface area contributed by atoms with Crippen LogP contribution in [0.4, 0.5) is 0 Å². The number of rotatable bonds is 10. The lowest BCUT2D eigenvalue weighted by Crippen LogP contribution is -2.45. The summed E-state index contributed by atoms with van der Waals surface area (Å²) >= 11 is 0. The maximum absolute atomic E-state index is 12.0. The quantitative estimate of drug-likeness (QED) is 0.284. The number of nitrogens with one attached hydrogen (secondary N) is 1. The van der Waals surface area contributed by atoms with Crippen LogP contribution in [0.3, 0.4) is 0 Å². The number of aliphatic hydroxyl groups excluding tert-OH is 1. The molecule has 1 saturated heterocycles. The summed E-state index contributed by atoms with van der Waals surface area (Å²) in [5.41, 5.74) is 0.587. The Morgan fingerprint density at radius 3 is 2.15 bits per heavy atom. The van der Waals surface area contributed by atoms with Crippen molar-refractivity contribution in [2.75, 3.05) is 26.8 Å². The van der Waals surface area contributed by atoms with Gasteiger partial charge in [0.2, 0.25) is 11.8 Å². The molecule has 1 heterocycles. The van der Waals surface area contributed by atoms with Crippen molar-refractivity contribution in [1.82, 2.24) is 10.2 Å². The first-order valence-corrected chi connectivity index (χ1v) is 12.5. The van der Waals surface area contributed by atoms with E-state index in [1.165, 1.54) is 75.9 Å². The standard InChI is InChI=1S/C14H20N2O4.C6H14O.C6H12/c1-4-10(2)8-12(17)15-9-13(18)16-7-5-6-11(16)14(19)20-3;1-2-3-4-5-6-7;1-2-4-6-5-3-1/h4,11H,1-2,5-9H2,3H3,(H,15,17);7H,2-6H2,1H3;1-6H2. The third kappa shape index (κ3) is 15.3. The van der Waals surface area contributed by atoms with Crippen LogP contribution in [0.15, 0.2) is 24.8 Å². The predicted octanol–water partition coefficient (Wildman–Crippen LogP) is 4.30. The van der Waals surface area contributed by atoms with Gasteiger partial charge in [0, 0.05) is 13.2 Å². The Labute approximate surface area is 200 Å². The van der Waals surface area contributed by atoms with E-state index in [0.29, 0.717) is 25.1 Å². The number of ether oxygens (including phenoxy) is 1. The minimum absolute atomic E-state index is 0.108. The molecule has 2 rings (SSSR count). The molecule has 1 atom stereocenters. The molecule has 1 saturated carbocycles. The second-order valence-electron chi connectivity index (χ2n) is 8.49. The van der Waals surface area contributed by atoms with Gasteiger partial charge < -0.3 is 20.1 Å². The van der Waals surface area contributed by atoms with E-state index in [1.54, 1.807) is 0 Å². The highest BCUT2D eigenvalue weighted by atomic mass is 16.5. The summed E-state index contributed by atoms with van der Waals surface area (Å²) in [4.78, 5) is 36.5. The molecule has 2 fully saturated rings. The minimum Gasteiger partial charge on any atom is -0.467 e. The molecule has 0 aromatic heterocycles. The number of carbonyl (C=O) groups excluding carboxylic acids is 3. The number of methoxy groups -OCH3 is 1. The van der Waals surface area contributed by atoms with E-state index in [4.69, 9.17) is 5.11 Å². The third-order valence-corrected chi connectivity index (χ3v) is 5.67. The number of esters is 1. The Morgan fingerprint density at radius 2 is 1.67 bits per heavy atom. The molecule has 0 aromatic rings. The van der Waals surface area contributed by atoms with E-state index in [9.17, 15) is 14.4 Å². The smallest absolute Gasteiger partial charge is 0.328 e.